The van der Waals surface area contributed by atoms with Gasteiger partial charge in [0, 0.05) is 44.2 Å². The fourth-order valence-electron chi connectivity index (χ4n) is 2.45. The summed E-state index contributed by atoms with van der Waals surface area (Å²) in [6.07, 6.45) is 6.12. The van der Waals surface area contributed by atoms with Crippen molar-refractivity contribution in [2.45, 2.75) is 13.0 Å². The maximum atomic E-state index is 12.2. The van der Waals surface area contributed by atoms with Gasteiger partial charge in [-0.15, -0.1) is 0 Å². The first-order chi connectivity index (χ1) is 12.6. The minimum atomic E-state index is -0.272. The van der Waals surface area contributed by atoms with Crippen molar-refractivity contribution in [2.24, 2.45) is 7.05 Å². The van der Waals surface area contributed by atoms with Crippen LogP contribution in [0, 0.1) is 0 Å². The molecule has 0 saturated carbocycles. The van der Waals surface area contributed by atoms with E-state index in [0.29, 0.717) is 17.9 Å². The number of rotatable bonds is 7. The van der Waals surface area contributed by atoms with Crippen LogP contribution in [0.2, 0.25) is 0 Å². The van der Waals surface area contributed by atoms with Crippen molar-refractivity contribution in [2.75, 3.05) is 11.9 Å². The first kappa shape index (κ1) is 17.4. The van der Waals surface area contributed by atoms with Crippen molar-refractivity contribution in [3.05, 3.63) is 66.4 Å². The van der Waals surface area contributed by atoms with Crippen molar-refractivity contribution >= 4 is 17.6 Å². The molecule has 0 radical (unpaired) electrons. The third kappa shape index (κ3) is 4.35. The van der Waals surface area contributed by atoms with Crippen molar-refractivity contribution in [3.63, 3.8) is 0 Å². The molecule has 0 unspecified atom stereocenters. The summed E-state index contributed by atoms with van der Waals surface area (Å²) in [6.45, 7) is 1.31. The van der Waals surface area contributed by atoms with E-state index in [2.05, 4.69) is 20.7 Å². The lowest BCUT2D eigenvalue weighted by molar-refractivity contribution is 0.0946. The third-order valence-corrected chi connectivity index (χ3v) is 3.83. The molecule has 8 nitrogen and oxygen atoms in total. The van der Waals surface area contributed by atoms with Gasteiger partial charge in [-0.1, -0.05) is 18.2 Å². The second kappa shape index (κ2) is 8.11. The van der Waals surface area contributed by atoms with Crippen LogP contribution in [0.4, 0.5) is 5.82 Å². The molecule has 2 N–H and O–H groups in total. The summed E-state index contributed by atoms with van der Waals surface area (Å²) in [4.78, 5) is 28.4. The predicted octanol–water partition coefficient (Wildman–Crippen LogP) is 1.69. The number of carbonyl (C=O) groups is 2. The van der Waals surface area contributed by atoms with Crippen LogP contribution in [0.5, 0.6) is 0 Å². The molecule has 2 heterocycles. The lowest BCUT2D eigenvalue weighted by atomic mass is 10.2. The largest absolute Gasteiger partial charge is 0.351 e. The van der Waals surface area contributed by atoms with E-state index < -0.39 is 0 Å². The molecule has 0 spiro atoms. The Balaban J connectivity index is 1.53. The minimum absolute atomic E-state index is 0.249. The van der Waals surface area contributed by atoms with Crippen LogP contribution in [0.3, 0.4) is 0 Å². The Bertz CT molecular complexity index is 870. The molecule has 0 aliphatic heterocycles. The lowest BCUT2D eigenvalue weighted by Gasteiger charge is -2.04. The zero-order valence-corrected chi connectivity index (χ0v) is 14.4. The van der Waals surface area contributed by atoms with Gasteiger partial charge in [0.15, 0.2) is 5.69 Å². The first-order valence-electron chi connectivity index (χ1n) is 8.28. The lowest BCUT2D eigenvalue weighted by Crippen LogP contribution is -2.25. The topological polar surface area (TPSA) is 93.8 Å². The van der Waals surface area contributed by atoms with Crippen LogP contribution in [0.15, 0.2) is 55.1 Å². The molecule has 134 valence electrons. The van der Waals surface area contributed by atoms with E-state index in [1.807, 2.05) is 16.8 Å². The van der Waals surface area contributed by atoms with Gasteiger partial charge in [0.2, 0.25) is 0 Å². The normalized spacial score (nSPS) is 10.5. The summed E-state index contributed by atoms with van der Waals surface area (Å²) < 4.78 is 3.42. The number of aromatic nitrogens is 4. The van der Waals surface area contributed by atoms with Crippen molar-refractivity contribution in [1.29, 1.82) is 0 Å². The molecule has 3 rings (SSSR count). The highest BCUT2D eigenvalue weighted by Gasteiger charge is 2.14. The minimum Gasteiger partial charge on any atom is -0.351 e. The Hall–Kier alpha value is -3.42. The number of hydrogen-bond acceptors (Lipinski definition) is 4. The predicted molar refractivity (Wildman–Crippen MR) is 96.8 cm³/mol. The van der Waals surface area contributed by atoms with E-state index in [0.717, 1.165) is 13.0 Å². The summed E-state index contributed by atoms with van der Waals surface area (Å²) in [7, 11) is 1.68. The molecule has 0 aliphatic rings. The van der Waals surface area contributed by atoms with E-state index >= 15 is 0 Å². The van der Waals surface area contributed by atoms with E-state index in [4.69, 9.17) is 0 Å². The summed E-state index contributed by atoms with van der Waals surface area (Å²) in [5.41, 5.74) is 0.803. The molecule has 8 heteroatoms. The summed E-state index contributed by atoms with van der Waals surface area (Å²) in [6, 6.07) is 10.4. The molecule has 26 heavy (non-hydrogen) atoms. The first-order valence-corrected chi connectivity index (χ1v) is 8.28. The molecular formula is C18H20N6O2. The van der Waals surface area contributed by atoms with E-state index in [9.17, 15) is 9.59 Å². The standard InChI is InChI=1S/C18H20N6O2/c1-23-16(21-17(25)14-6-3-2-4-7-14)12-15(22-23)18(26)20-8-5-10-24-11-9-19-13-24/h2-4,6-7,9,11-13H,5,8,10H2,1H3,(H,20,26)(H,21,25). The number of benzene rings is 1. The second-order valence-corrected chi connectivity index (χ2v) is 5.77. The number of imidazole rings is 1. The van der Waals surface area contributed by atoms with Crippen LogP contribution >= 0.6 is 0 Å². The fraction of sp³-hybridized carbons (Fsp3) is 0.222. The van der Waals surface area contributed by atoms with Crippen LogP contribution in [0.25, 0.3) is 0 Å². The van der Waals surface area contributed by atoms with E-state index in [1.54, 1.807) is 49.9 Å². The maximum Gasteiger partial charge on any atom is 0.271 e. The number of aryl methyl sites for hydroxylation is 2. The summed E-state index contributed by atoms with van der Waals surface area (Å²) in [5.74, 6) is -0.0604. The SMILES string of the molecule is Cn1nc(C(=O)NCCCn2ccnc2)cc1NC(=O)c1ccccc1. The van der Waals surface area contributed by atoms with Crippen molar-refractivity contribution < 1.29 is 9.59 Å². The summed E-state index contributed by atoms with van der Waals surface area (Å²) >= 11 is 0. The molecule has 0 aliphatic carbocycles. The van der Waals surface area contributed by atoms with Gasteiger partial charge in [-0.05, 0) is 18.6 Å². The average Bonchev–Trinajstić information content (AvgIpc) is 3.29. The van der Waals surface area contributed by atoms with Gasteiger partial charge < -0.3 is 15.2 Å². The Morgan fingerprint density at radius 2 is 1.96 bits per heavy atom. The highest BCUT2D eigenvalue weighted by molar-refractivity contribution is 6.04. The zero-order valence-electron chi connectivity index (χ0n) is 14.4. The number of carbonyl (C=O) groups excluding carboxylic acids is 2. The van der Waals surface area contributed by atoms with Gasteiger partial charge in [-0.3, -0.25) is 14.3 Å². The van der Waals surface area contributed by atoms with Crippen LogP contribution in [-0.2, 0) is 13.6 Å². The van der Waals surface area contributed by atoms with E-state index in [1.165, 1.54) is 4.68 Å². The highest BCUT2D eigenvalue weighted by Crippen LogP contribution is 2.11. The summed E-state index contributed by atoms with van der Waals surface area (Å²) in [5, 5.41) is 9.75. The van der Waals surface area contributed by atoms with Gasteiger partial charge in [0.1, 0.15) is 5.82 Å². The Labute approximate surface area is 150 Å². The van der Waals surface area contributed by atoms with Crippen molar-refractivity contribution in [1.82, 2.24) is 24.6 Å². The Morgan fingerprint density at radius 3 is 2.69 bits per heavy atom. The highest BCUT2D eigenvalue weighted by atomic mass is 16.2. The molecule has 2 aromatic heterocycles. The van der Waals surface area contributed by atoms with Crippen LogP contribution in [0.1, 0.15) is 27.3 Å². The molecule has 0 bridgehead atoms. The number of nitrogens with one attached hydrogen (secondary N) is 2. The smallest absolute Gasteiger partial charge is 0.271 e. The van der Waals surface area contributed by atoms with Crippen molar-refractivity contribution in [3.8, 4) is 0 Å². The molecular weight excluding hydrogens is 332 g/mol. The van der Waals surface area contributed by atoms with Gasteiger partial charge >= 0.3 is 0 Å². The molecule has 0 saturated heterocycles. The Kier molecular flexibility index (Phi) is 5.43. The third-order valence-electron chi connectivity index (χ3n) is 3.83. The van der Waals surface area contributed by atoms with E-state index in [-0.39, 0.29) is 17.5 Å². The van der Waals surface area contributed by atoms with Gasteiger partial charge in [-0.25, -0.2) is 4.98 Å². The number of amides is 2. The number of anilines is 1. The molecule has 0 atom stereocenters. The van der Waals surface area contributed by atoms with Crippen LogP contribution < -0.4 is 10.6 Å². The quantitative estimate of drug-likeness (QED) is 0.633. The zero-order chi connectivity index (χ0) is 18.4. The van der Waals surface area contributed by atoms with Gasteiger partial charge in [0.25, 0.3) is 11.8 Å². The number of nitrogens with zero attached hydrogens (tertiary/aromatic N) is 4. The Morgan fingerprint density at radius 1 is 1.15 bits per heavy atom. The second-order valence-electron chi connectivity index (χ2n) is 5.77. The van der Waals surface area contributed by atoms with Gasteiger partial charge in [0.05, 0.1) is 6.33 Å². The fourth-order valence-corrected chi connectivity index (χ4v) is 2.45. The molecule has 2 amide bonds. The monoisotopic (exact) mass is 352 g/mol. The average molecular weight is 352 g/mol. The molecule has 3 aromatic rings. The maximum absolute atomic E-state index is 12.2. The van der Waals surface area contributed by atoms with Gasteiger partial charge in [-0.2, -0.15) is 5.10 Å². The molecule has 1 aromatic carbocycles. The number of hydrogen-bond donors (Lipinski definition) is 2. The van der Waals surface area contributed by atoms with Crippen LogP contribution in [-0.4, -0.2) is 37.7 Å². The molecule has 0 fully saturated rings.